The molecular formula is C19H21N5O2. The van der Waals surface area contributed by atoms with E-state index < -0.39 is 11.2 Å². The lowest BCUT2D eigenvalue weighted by Crippen LogP contribution is -2.29. The SMILES string of the molecule is Cc1cc2nc3c(=O)[nH]c(=O)nc-3n(CCCN3C=CCC3)c2cc1C. The Morgan fingerprint density at radius 2 is 1.92 bits per heavy atom. The van der Waals surface area contributed by atoms with Crippen molar-refractivity contribution in [3.05, 3.63) is 56.4 Å². The van der Waals surface area contributed by atoms with E-state index in [0.717, 1.165) is 48.1 Å². The number of H-pyrrole nitrogens is 1. The Morgan fingerprint density at radius 3 is 2.69 bits per heavy atom. The van der Waals surface area contributed by atoms with Crippen LogP contribution in [-0.4, -0.2) is 37.5 Å². The molecule has 4 rings (SSSR count). The minimum Gasteiger partial charge on any atom is -0.377 e. The van der Waals surface area contributed by atoms with Crippen molar-refractivity contribution in [1.82, 2.24) is 24.4 Å². The number of nitrogens with zero attached hydrogens (tertiary/aromatic N) is 4. The molecule has 0 saturated carbocycles. The van der Waals surface area contributed by atoms with Crippen molar-refractivity contribution >= 4 is 11.0 Å². The standard InChI is InChI=1S/C19H21N5O2/c1-12-10-14-15(11-13(12)2)24(9-5-8-23-6-3-4-7-23)17-16(20-14)18(25)22-19(26)21-17/h3,6,10-11H,4-5,7-9H2,1-2H3,(H,22,25,26). The summed E-state index contributed by atoms with van der Waals surface area (Å²) in [5.41, 5.74) is 2.98. The maximum Gasteiger partial charge on any atom is 0.349 e. The normalized spacial score (nSPS) is 14.0. The predicted octanol–water partition coefficient (Wildman–Crippen LogP) is 1.81. The van der Waals surface area contributed by atoms with Crippen molar-refractivity contribution in [2.75, 3.05) is 13.1 Å². The highest BCUT2D eigenvalue weighted by atomic mass is 16.2. The van der Waals surface area contributed by atoms with Crippen LogP contribution in [0.2, 0.25) is 0 Å². The van der Waals surface area contributed by atoms with E-state index in [2.05, 4.69) is 38.2 Å². The van der Waals surface area contributed by atoms with Crippen molar-refractivity contribution in [2.45, 2.75) is 33.2 Å². The van der Waals surface area contributed by atoms with E-state index in [1.165, 1.54) is 0 Å². The molecule has 0 fully saturated rings. The molecular weight excluding hydrogens is 330 g/mol. The van der Waals surface area contributed by atoms with Gasteiger partial charge in [-0.05, 0) is 56.1 Å². The Kier molecular flexibility index (Phi) is 4.06. The third kappa shape index (κ3) is 2.89. The first kappa shape index (κ1) is 16.5. The summed E-state index contributed by atoms with van der Waals surface area (Å²) in [6.45, 7) is 6.70. The van der Waals surface area contributed by atoms with Gasteiger partial charge >= 0.3 is 5.69 Å². The van der Waals surface area contributed by atoms with Crippen molar-refractivity contribution in [1.29, 1.82) is 0 Å². The van der Waals surface area contributed by atoms with Crippen LogP contribution < -0.4 is 11.2 Å². The summed E-state index contributed by atoms with van der Waals surface area (Å²) in [5.74, 6) is 0.353. The fourth-order valence-electron chi connectivity index (χ4n) is 3.43. The number of benzene rings is 1. The third-order valence-corrected chi connectivity index (χ3v) is 4.95. The number of hydrogen-bond donors (Lipinski definition) is 1. The molecule has 0 atom stereocenters. The van der Waals surface area contributed by atoms with Gasteiger partial charge in [-0.15, -0.1) is 0 Å². The van der Waals surface area contributed by atoms with Crippen LogP contribution in [0.5, 0.6) is 0 Å². The number of rotatable bonds is 4. The van der Waals surface area contributed by atoms with E-state index in [9.17, 15) is 9.59 Å². The third-order valence-electron chi connectivity index (χ3n) is 4.95. The molecule has 134 valence electrons. The fraction of sp³-hybridized carbons (Fsp3) is 0.368. The van der Waals surface area contributed by atoms with Gasteiger partial charge in [0, 0.05) is 19.6 Å². The molecule has 0 aromatic heterocycles. The first-order valence-electron chi connectivity index (χ1n) is 8.85. The fourth-order valence-corrected chi connectivity index (χ4v) is 3.43. The number of hydrogen-bond acceptors (Lipinski definition) is 5. The number of aryl methyl sites for hydroxylation is 3. The molecule has 0 aliphatic carbocycles. The number of aromatic nitrogens is 4. The summed E-state index contributed by atoms with van der Waals surface area (Å²) in [4.78, 5) is 37.0. The van der Waals surface area contributed by atoms with Gasteiger partial charge in [-0.1, -0.05) is 6.08 Å². The number of aromatic amines is 1. The van der Waals surface area contributed by atoms with Gasteiger partial charge in [-0.3, -0.25) is 9.78 Å². The number of fused-ring (bicyclic) bond motifs is 2. The van der Waals surface area contributed by atoms with Crippen molar-refractivity contribution in [3.63, 3.8) is 0 Å². The molecule has 0 amide bonds. The van der Waals surface area contributed by atoms with E-state index >= 15 is 0 Å². The average Bonchev–Trinajstić information content (AvgIpc) is 3.10. The number of nitrogens with one attached hydrogen (secondary N) is 1. The highest BCUT2D eigenvalue weighted by molar-refractivity contribution is 5.81. The Labute approximate surface area is 150 Å². The van der Waals surface area contributed by atoms with Crippen LogP contribution in [0, 0.1) is 13.8 Å². The second kappa shape index (κ2) is 6.40. The molecule has 0 spiro atoms. The molecule has 26 heavy (non-hydrogen) atoms. The molecule has 3 aliphatic heterocycles. The van der Waals surface area contributed by atoms with E-state index in [-0.39, 0.29) is 5.69 Å². The summed E-state index contributed by atoms with van der Waals surface area (Å²) >= 11 is 0. The Bertz CT molecular complexity index is 1100. The largest absolute Gasteiger partial charge is 0.377 e. The van der Waals surface area contributed by atoms with Crippen LogP contribution in [0.25, 0.3) is 22.6 Å². The van der Waals surface area contributed by atoms with Gasteiger partial charge in [0.15, 0.2) is 11.5 Å². The molecule has 1 aromatic carbocycles. The van der Waals surface area contributed by atoms with Crippen LogP contribution in [0.3, 0.4) is 0 Å². The van der Waals surface area contributed by atoms with Gasteiger partial charge in [0.1, 0.15) is 0 Å². The summed E-state index contributed by atoms with van der Waals surface area (Å²) in [5, 5.41) is 0. The summed E-state index contributed by atoms with van der Waals surface area (Å²) < 4.78 is 1.96. The summed E-state index contributed by atoms with van der Waals surface area (Å²) in [7, 11) is 0. The zero-order chi connectivity index (χ0) is 18.3. The molecule has 0 unspecified atom stereocenters. The van der Waals surface area contributed by atoms with E-state index in [4.69, 9.17) is 0 Å². The zero-order valence-electron chi connectivity index (χ0n) is 15.0. The smallest absolute Gasteiger partial charge is 0.349 e. The van der Waals surface area contributed by atoms with Gasteiger partial charge in [-0.25, -0.2) is 9.78 Å². The molecule has 7 nitrogen and oxygen atoms in total. The van der Waals surface area contributed by atoms with Crippen molar-refractivity contribution in [2.24, 2.45) is 0 Å². The lowest BCUT2D eigenvalue weighted by Gasteiger charge is -2.20. The zero-order valence-corrected chi connectivity index (χ0v) is 15.0. The molecule has 7 heteroatoms. The second-order valence-electron chi connectivity index (χ2n) is 6.79. The first-order valence-corrected chi connectivity index (χ1v) is 8.85. The van der Waals surface area contributed by atoms with E-state index in [1.54, 1.807) is 0 Å². The molecule has 3 heterocycles. The molecule has 0 radical (unpaired) electrons. The molecule has 0 saturated heterocycles. The second-order valence-corrected chi connectivity index (χ2v) is 6.79. The van der Waals surface area contributed by atoms with Crippen molar-refractivity contribution < 1.29 is 0 Å². The predicted molar refractivity (Wildman–Crippen MR) is 100 cm³/mol. The first-order chi connectivity index (χ1) is 12.5. The lowest BCUT2D eigenvalue weighted by atomic mass is 10.1. The Hall–Kier alpha value is -2.96. The van der Waals surface area contributed by atoms with Crippen LogP contribution in [0.4, 0.5) is 0 Å². The molecule has 1 aromatic rings. The average molecular weight is 351 g/mol. The highest BCUT2D eigenvalue weighted by Crippen LogP contribution is 2.24. The molecule has 0 bridgehead atoms. The van der Waals surface area contributed by atoms with Gasteiger partial charge in [0.2, 0.25) is 0 Å². The van der Waals surface area contributed by atoms with Crippen LogP contribution in [0.15, 0.2) is 34.0 Å². The van der Waals surface area contributed by atoms with Gasteiger partial charge in [-0.2, -0.15) is 4.98 Å². The monoisotopic (exact) mass is 351 g/mol. The minimum atomic E-state index is -0.635. The summed E-state index contributed by atoms with van der Waals surface area (Å²) in [6, 6.07) is 4.04. The molecule has 1 N–H and O–H groups in total. The van der Waals surface area contributed by atoms with Crippen LogP contribution in [-0.2, 0) is 6.54 Å². The minimum absolute atomic E-state index is 0.210. The maximum atomic E-state index is 12.2. The van der Waals surface area contributed by atoms with Gasteiger partial charge in [0.25, 0.3) is 5.56 Å². The summed E-state index contributed by atoms with van der Waals surface area (Å²) in [6.07, 6.45) is 6.27. The van der Waals surface area contributed by atoms with Crippen LogP contribution >= 0.6 is 0 Å². The lowest BCUT2D eigenvalue weighted by molar-refractivity contribution is 0.386. The van der Waals surface area contributed by atoms with Crippen LogP contribution in [0.1, 0.15) is 24.0 Å². The van der Waals surface area contributed by atoms with E-state index in [0.29, 0.717) is 12.4 Å². The topological polar surface area (TPSA) is 83.9 Å². The van der Waals surface area contributed by atoms with Gasteiger partial charge in [0.05, 0.1) is 11.0 Å². The Morgan fingerprint density at radius 1 is 1.12 bits per heavy atom. The maximum absolute atomic E-state index is 12.2. The molecule has 3 aliphatic rings. The highest BCUT2D eigenvalue weighted by Gasteiger charge is 2.19. The van der Waals surface area contributed by atoms with Crippen molar-refractivity contribution in [3.8, 4) is 11.5 Å². The quantitative estimate of drug-likeness (QED) is 0.725. The van der Waals surface area contributed by atoms with E-state index in [1.807, 2.05) is 24.5 Å². The van der Waals surface area contributed by atoms with Gasteiger partial charge < -0.3 is 9.47 Å². The Balaban J connectivity index is 1.84.